The SMILES string of the molecule is NC(=O)n1cc2c(c1)SCN2. The summed E-state index contributed by atoms with van der Waals surface area (Å²) in [6.45, 7) is 0. The normalized spacial score (nSPS) is 14.2. The molecule has 1 aliphatic heterocycles. The minimum Gasteiger partial charge on any atom is -0.374 e. The number of hydrogen-bond donors (Lipinski definition) is 2. The van der Waals surface area contributed by atoms with Gasteiger partial charge >= 0.3 is 6.03 Å². The molecule has 58 valence electrons. The molecular formula is C6H7N3OS. The molecule has 0 fully saturated rings. The highest BCUT2D eigenvalue weighted by Gasteiger charge is 2.14. The van der Waals surface area contributed by atoms with Gasteiger partial charge in [0.15, 0.2) is 0 Å². The number of primary amides is 1. The molecule has 2 heterocycles. The van der Waals surface area contributed by atoms with Crippen molar-refractivity contribution in [1.29, 1.82) is 0 Å². The minimum atomic E-state index is -0.443. The summed E-state index contributed by atoms with van der Waals surface area (Å²) in [4.78, 5) is 11.7. The van der Waals surface area contributed by atoms with E-state index in [0.717, 1.165) is 16.5 Å². The summed E-state index contributed by atoms with van der Waals surface area (Å²) in [7, 11) is 0. The molecule has 0 unspecified atom stereocenters. The lowest BCUT2D eigenvalue weighted by Gasteiger charge is -1.94. The molecule has 1 aromatic heterocycles. The molecule has 1 aliphatic rings. The Morgan fingerprint density at radius 2 is 2.55 bits per heavy atom. The summed E-state index contributed by atoms with van der Waals surface area (Å²) in [6.07, 6.45) is 3.44. The highest BCUT2D eigenvalue weighted by molar-refractivity contribution is 7.99. The van der Waals surface area contributed by atoms with Gasteiger partial charge < -0.3 is 11.1 Å². The maximum atomic E-state index is 10.7. The molecule has 1 amide bonds. The molecule has 0 spiro atoms. The van der Waals surface area contributed by atoms with Gasteiger partial charge in [0.2, 0.25) is 0 Å². The Morgan fingerprint density at radius 1 is 1.73 bits per heavy atom. The fourth-order valence-corrected chi connectivity index (χ4v) is 1.85. The molecule has 3 N–H and O–H groups in total. The van der Waals surface area contributed by atoms with E-state index in [0.29, 0.717) is 0 Å². The molecule has 0 aliphatic carbocycles. The molecule has 0 atom stereocenters. The first kappa shape index (κ1) is 6.60. The van der Waals surface area contributed by atoms with Gasteiger partial charge in [0, 0.05) is 12.4 Å². The summed E-state index contributed by atoms with van der Waals surface area (Å²) in [5.41, 5.74) is 6.06. The first-order chi connectivity index (χ1) is 5.27. The zero-order valence-corrected chi connectivity index (χ0v) is 6.52. The number of nitrogens with zero attached hydrogens (tertiary/aromatic N) is 1. The second-order valence-corrected chi connectivity index (χ2v) is 3.26. The van der Waals surface area contributed by atoms with Crippen molar-refractivity contribution in [2.24, 2.45) is 5.73 Å². The van der Waals surface area contributed by atoms with Crippen LogP contribution in [0.25, 0.3) is 0 Å². The Bertz CT molecular complexity index is 285. The number of nitrogens with two attached hydrogens (primary N) is 1. The Labute approximate surface area is 67.7 Å². The predicted octanol–water partition coefficient (Wildman–Crippen LogP) is 0.890. The first-order valence-corrected chi connectivity index (χ1v) is 4.14. The van der Waals surface area contributed by atoms with Gasteiger partial charge in [-0.25, -0.2) is 4.79 Å². The van der Waals surface area contributed by atoms with Crippen LogP contribution in [-0.2, 0) is 0 Å². The van der Waals surface area contributed by atoms with Crippen LogP contribution in [0.3, 0.4) is 0 Å². The van der Waals surface area contributed by atoms with Crippen LogP contribution < -0.4 is 11.1 Å². The van der Waals surface area contributed by atoms with Crippen molar-refractivity contribution in [1.82, 2.24) is 4.57 Å². The lowest BCUT2D eigenvalue weighted by molar-refractivity contribution is 0.250. The van der Waals surface area contributed by atoms with Gasteiger partial charge in [0.25, 0.3) is 0 Å². The van der Waals surface area contributed by atoms with Gasteiger partial charge in [-0.2, -0.15) is 0 Å². The van der Waals surface area contributed by atoms with E-state index >= 15 is 0 Å². The number of aromatic nitrogens is 1. The molecule has 0 aromatic carbocycles. The number of amides is 1. The van der Waals surface area contributed by atoms with Gasteiger partial charge in [-0.15, -0.1) is 11.8 Å². The third kappa shape index (κ3) is 0.970. The molecule has 1 aromatic rings. The summed E-state index contributed by atoms with van der Waals surface area (Å²) in [5, 5.41) is 3.11. The Morgan fingerprint density at radius 3 is 3.18 bits per heavy atom. The van der Waals surface area contributed by atoms with Crippen molar-refractivity contribution in [3.8, 4) is 0 Å². The summed E-state index contributed by atoms with van der Waals surface area (Å²) in [6, 6.07) is -0.443. The van der Waals surface area contributed by atoms with Gasteiger partial charge in [0.1, 0.15) is 0 Å². The van der Waals surface area contributed by atoms with Crippen molar-refractivity contribution in [3.63, 3.8) is 0 Å². The Hall–Kier alpha value is -1.10. The van der Waals surface area contributed by atoms with Crippen LogP contribution in [0.5, 0.6) is 0 Å². The Balaban J connectivity index is 2.42. The molecule has 5 heteroatoms. The molecular weight excluding hydrogens is 162 g/mol. The standard InChI is InChI=1S/C6H7N3OS/c7-6(10)9-1-4-5(2-9)11-3-8-4/h1-2,8H,3H2,(H2,7,10). The first-order valence-electron chi connectivity index (χ1n) is 3.16. The van der Waals surface area contributed by atoms with E-state index in [4.69, 9.17) is 5.73 Å². The van der Waals surface area contributed by atoms with Crippen LogP contribution in [0.15, 0.2) is 17.3 Å². The molecule has 0 saturated carbocycles. The van der Waals surface area contributed by atoms with Crippen LogP contribution in [0.4, 0.5) is 10.5 Å². The van der Waals surface area contributed by atoms with Crippen molar-refractivity contribution in [2.75, 3.05) is 11.2 Å². The zero-order chi connectivity index (χ0) is 7.84. The van der Waals surface area contributed by atoms with E-state index in [9.17, 15) is 4.79 Å². The van der Waals surface area contributed by atoms with E-state index in [-0.39, 0.29) is 0 Å². The van der Waals surface area contributed by atoms with E-state index in [1.807, 2.05) is 0 Å². The van der Waals surface area contributed by atoms with Crippen LogP contribution in [0.1, 0.15) is 0 Å². The second-order valence-electron chi connectivity index (χ2n) is 2.25. The monoisotopic (exact) mass is 169 g/mol. The van der Waals surface area contributed by atoms with Crippen molar-refractivity contribution in [3.05, 3.63) is 12.4 Å². The fourth-order valence-electron chi connectivity index (χ4n) is 1.00. The number of carbonyl (C=O) groups is 1. The lowest BCUT2D eigenvalue weighted by atomic mass is 10.5. The smallest absolute Gasteiger partial charge is 0.323 e. The van der Waals surface area contributed by atoms with Crippen molar-refractivity contribution < 1.29 is 4.79 Å². The maximum Gasteiger partial charge on any atom is 0.323 e. The summed E-state index contributed by atoms with van der Waals surface area (Å²) >= 11 is 1.67. The van der Waals surface area contributed by atoms with Crippen LogP contribution in [0.2, 0.25) is 0 Å². The highest BCUT2D eigenvalue weighted by Crippen LogP contribution is 2.33. The maximum absolute atomic E-state index is 10.7. The molecule has 0 bridgehead atoms. The largest absolute Gasteiger partial charge is 0.374 e. The molecule has 11 heavy (non-hydrogen) atoms. The Kier molecular flexibility index (Phi) is 1.32. The highest BCUT2D eigenvalue weighted by atomic mass is 32.2. The minimum absolute atomic E-state index is 0.443. The fraction of sp³-hybridized carbons (Fsp3) is 0.167. The number of nitrogens with one attached hydrogen (secondary N) is 1. The summed E-state index contributed by atoms with van der Waals surface area (Å²) < 4.78 is 1.38. The number of rotatable bonds is 0. The lowest BCUT2D eigenvalue weighted by Crippen LogP contribution is -2.17. The average molecular weight is 169 g/mol. The van der Waals surface area contributed by atoms with Crippen molar-refractivity contribution >= 4 is 23.5 Å². The van der Waals surface area contributed by atoms with Crippen LogP contribution in [-0.4, -0.2) is 16.5 Å². The zero-order valence-electron chi connectivity index (χ0n) is 5.70. The van der Waals surface area contributed by atoms with Gasteiger partial charge in [-0.3, -0.25) is 4.57 Å². The molecule has 4 nitrogen and oxygen atoms in total. The van der Waals surface area contributed by atoms with E-state index in [1.54, 1.807) is 24.2 Å². The van der Waals surface area contributed by atoms with Crippen molar-refractivity contribution in [2.45, 2.75) is 4.90 Å². The van der Waals surface area contributed by atoms with Gasteiger partial charge in [-0.1, -0.05) is 0 Å². The number of anilines is 1. The predicted molar refractivity (Wildman–Crippen MR) is 43.8 cm³/mol. The number of hydrogen-bond acceptors (Lipinski definition) is 3. The third-order valence-electron chi connectivity index (χ3n) is 1.53. The third-order valence-corrected chi connectivity index (χ3v) is 2.46. The quantitative estimate of drug-likeness (QED) is 0.606. The molecule has 2 rings (SSSR count). The van der Waals surface area contributed by atoms with E-state index < -0.39 is 6.03 Å². The molecule has 0 radical (unpaired) electrons. The van der Waals surface area contributed by atoms with Gasteiger partial charge in [-0.05, 0) is 0 Å². The molecule has 0 saturated heterocycles. The summed E-state index contributed by atoms with van der Waals surface area (Å²) in [5.74, 6) is 0.879. The van der Waals surface area contributed by atoms with Crippen LogP contribution >= 0.6 is 11.8 Å². The number of fused-ring (bicyclic) bond motifs is 1. The van der Waals surface area contributed by atoms with Crippen LogP contribution in [0, 0.1) is 0 Å². The van der Waals surface area contributed by atoms with Gasteiger partial charge in [0.05, 0.1) is 16.5 Å². The van der Waals surface area contributed by atoms with E-state index in [1.165, 1.54) is 4.57 Å². The second kappa shape index (κ2) is 2.20. The van der Waals surface area contributed by atoms with E-state index in [2.05, 4.69) is 5.32 Å². The average Bonchev–Trinajstić information content (AvgIpc) is 2.40. The topological polar surface area (TPSA) is 60.1 Å². The number of thioether (sulfide) groups is 1. The number of carbonyl (C=O) groups excluding carboxylic acids is 1.